The number of ether oxygens (including phenoxy) is 2. The minimum atomic E-state index is -1.05. The molecule has 1 fully saturated rings. The van der Waals surface area contributed by atoms with Gasteiger partial charge in [0, 0.05) is 12.3 Å². The van der Waals surface area contributed by atoms with Gasteiger partial charge in [-0.15, -0.1) is 0 Å². The van der Waals surface area contributed by atoms with Crippen molar-refractivity contribution in [1.82, 2.24) is 0 Å². The molecule has 0 spiro atoms. The number of nitrogens with two attached hydrogens (primary N) is 1. The normalized spacial score (nSPS) is 19.4. The molecule has 3 N–H and O–H groups in total. The lowest BCUT2D eigenvalue weighted by atomic mass is 10.1. The minimum Gasteiger partial charge on any atom is -0.491 e. The van der Waals surface area contributed by atoms with Gasteiger partial charge in [-0.25, -0.2) is 4.79 Å². The molecule has 1 atom stereocenters. The van der Waals surface area contributed by atoms with Crippen LogP contribution in [-0.4, -0.2) is 30.4 Å². The van der Waals surface area contributed by atoms with Crippen molar-refractivity contribution in [3.63, 3.8) is 0 Å². The average molecular weight is 251 g/mol. The number of rotatable bonds is 4. The lowest BCUT2D eigenvalue weighted by molar-refractivity contribution is -0.0110. The number of nitrogen functional groups attached to an aromatic ring is 1. The molecule has 5 nitrogen and oxygen atoms in total. The highest BCUT2D eigenvalue weighted by atomic mass is 16.5. The summed E-state index contributed by atoms with van der Waals surface area (Å²) in [5.74, 6) is -0.539. The molecule has 0 amide bonds. The molecule has 0 aromatic heterocycles. The van der Waals surface area contributed by atoms with Crippen molar-refractivity contribution in [1.29, 1.82) is 0 Å². The van der Waals surface area contributed by atoms with Gasteiger partial charge in [0.1, 0.15) is 12.4 Å². The summed E-state index contributed by atoms with van der Waals surface area (Å²) in [7, 11) is 0. The van der Waals surface area contributed by atoms with Gasteiger partial charge in [0.25, 0.3) is 0 Å². The van der Waals surface area contributed by atoms with Gasteiger partial charge in [-0.3, -0.25) is 0 Å². The highest BCUT2D eigenvalue weighted by Crippen LogP contribution is 2.21. The summed E-state index contributed by atoms with van der Waals surface area (Å²) in [6.07, 6.45) is 3.34. The summed E-state index contributed by atoms with van der Waals surface area (Å²) in [6.45, 7) is 1.22. The lowest BCUT2D eigenvalue weighted by Crippen LogP contribution is -2.25. The molecule has 1 saturated heterocycles. The Balaban J connectivity index is 1.96. The van der Waals surface area contributed by atoms with Crippen LogP contribution in [0.4, 0.5) is 5.69 Å². The first-order valence-electron chi connectivity index (χ1n) is 6.04. The molecule has 5 heteroatoms. The molecule has 1 aromatic carbocycles. The van der Waals surface area contributed by atoms with Crippen molar-refractivity contribution < 1.29 is 19.4 Å². The molecule has 98 valence electrons. The SMILES string of the molecule is Nc1ccc(OCC2CCCCO2)cc1C(=O)O. The van der Waals surface area contributed by atoms with Crippen LogP contribution in [0.3, 0.4) is 0 Å². The maximum absolute atomic E-state index is 10.9. The predicted molar refractivity (Wildman–Crippen MR) is 66.9 cm³/mol. The Bertz CT molecular complexity index is 427. The molecule has 18 heavy (non-hydrogen) atoms. The fourth-order valence-corrected chi connectivity index (χ4v) is 1.94. The summed E-state index contributed by atoms with van der Waals surface area (Å²) in [4.78, 5) is 10.9. The molecule has 0 bridgehead atoms. The molecular weight excluding hydrogens is 234 g/mol. The summed E-state index contributed by atoms with van der Waals surface area (Å²) in [5.41, 5.74) is 5.87. The van der Waals surface area contributed by atoms with Gasteiger partial charge in [0.05, 0.1) is 11.7 Å². The predicted octanol–water partition coefficient (Wildman–Crippen LogP) is 1.91. The summed E-state index contributed by atoms with van der Waals surface area (Å²) in [5, 5.41) is 8.95. The van der Waals surface area contributed by atoms with Crippen LogP contribution in [0.5, 0.6) is 5.75 Å². The number of hydrogen-bond acceptors (Lipinski definition) is 4. The molecular formula is C13H17NO4. The summed E-state index contributed by atoms with van der Waals surface area (Å²) in [6, 6.07) is 4.66. The number of carbonyl (C=O) groups is 1. The van der Waals surface area contributed by atoms with Crippen molar-refractivity contribution >= 4 is 11.7 Å². The topological polar surface area (TPSA) is 81.8 Å². The number of aromatic carboxylic acids is 1. The van der Waals surface area contributed by atoms with E-state index in [2.05, 4.69) is 0 Å². The summed E-state index contributed by atoms with van der Waals surface area (Å²) >= 11 is 0. The first kappa shape index (κ1) is 12.7. The number of benzene rings is 1. The highest BCUT2D eigenvalue weighted by molar-refractivity contribution is 5.94. The largest absolute Gasteiger partial charge is 0.491 e. The monoisotopic (exact) mass is 251 g/mol. The molecule has 1 aliphatic rings. The van der Waals surface area contributed by atoms with E-state index < -0.39 is 5.97 Å². The Hall–Kier alpha value is -1.75. The maximum Gasteiger partial charge on any atom is 0.337 e. The van der Waals surface area contributed by atoms with Gasteiger partial charge in [-0.1, -0.05) is 0 Å². The van der Waals surface area contributed by atoms with E-state index in [4.69, 9.17) is 20.3 Å². The van der Waals surface area contributed by atoms with Gasteiger partial charge in [0.2, 0.25) is 0 Å². The van der Waals surface area contributed by atoms with Crippen molar-refractivity contribution in [3.05, 3.63) is 23.8 Å². The zero-order valence-electron chi connectivity index (χ0n) is 10.1. The van der Waals surface area contributed by atoms with Crippen LogP contribution in [0, 0.1) is 0 Å². The van der Waals surface area contributed by atoms with Gasteiger partial charge in [0.15, 0.2) is 0 Å². The maximum atomic E-state index is 10.9. The van der Waals surface area contributed by atoms with E-state index >= 15 is 0 Å². The van der Waals surface area contributed by atoms with E-state index in [1.54, 1.807) is 12.1 Å². The van der Waals surface area contributed by atoms with Crippen LogP contribution in [0.15, 0.2) is 18.2 Å². The third-order valence-corrected chi connectivity index (χ3v) is 2.97. The van der Waals surface area contributed by atoms with E-state index in [-0.39, 0.29) is 17.4 Å². The van der Waals surface area contributed by atoms with E-state index in [9.17, 15) is 4.79 Å². The Labute approximate surface area is 106 Å². The molecule has 1 aromatic rings. The van der Waals surface area contributed by atoms with Crippen molar-refractivity contribution in [2.24, 2.45) is 0 Å². The number of hydrogen-bond donors (Lipinski definition) is 2. The zero-order chi connectivity index (χ0) is 13.0. The van der Waals surface area contributed by atoms with E-state index in [0.29, 0.717) is 12.4 Å². The van der Waals surface area contributed by atoms with Crippen molar-refractivity contribution in [2.75, 3.05) is 18.9 Å². The van der Waals surface area contributed by atoms with Gasteiger partial charge in [-0.2, -0.15) is 0 Å². The third kappa shape index (κ3) is 3.13. The lowest BCUT2D eigenvalue weighted by Gasteiger charge is -2.22. The quantitative estimate of drug-likeness (QED) is 0.799. The van der Waals surface area contributed by atoms with E-state index in [0.717, 1.165) is 25.9 Å². The standard InChI is InChI=1S/C13H17NO4/c14-12-5-4-9(7-11(12)13(15)16)18-8-10-3-1-2-6-17-10/h4-5,7,10H,1-3,6,8,14H2,(H,15,16). The Kier molecular flexibility index (Phi) is 4.04. The first-order valence-corrected chi connectivity index (χ1v) is 6.04. The molecule has 1 unspecified atom stereocenters. The average Bonchev–Trinajstić information content (AvgIpc) is 2.38. The summed E-state index contributed by atoms with van der Waals surface area (Å²) < 4.78 is 11.1. The van der Waals surface area contributed by atoms with Crippen molar-refractivity contribution in [3.8, 4) is 5.75 Å². The fourth-order valence-electron chi connectivity index (χ4n) is 1.94. The number of carboxylic acids is 1. The van der Waals surface area contributed by atoms with Crippen LogP contribution in [0.1, 0.15) is 29.6 Å². The Morgan fingerprint density at radius 3 is 3.00 bits per heavy atom. The molecule has 2 rings (SSSR count). The third-order valence-electron chi connectivity index (χ3n) is 2.97. The molecule has 0 radical (unpaired) electrons. The highest BCUT2D eigenvalue weighted by Gasteiger charge is 2.15. The van der Waals surface area contributed by atoms with Gasteiger partial charge in [-0.05, 0) is 37.5 Å². The van der Waals surface area contributed by atoms with Crippen LogP contribution in [0.25, 0.3) is 0 Å². The Morgan fingerprint density at radius 1 is 1.50 bits per heavy atom. The molecule has 1 heterocycles. The van der Waals surface area contributed by atoms with Crippen LogP contribution < -0.4 is 10.5 Å². The van der Waals surface area contributed by atoms with Crippen LogP contribution in [-0.2, 0) is 4.74 Å². The molecule has 0 aliphatic carbocycles. The fraction of sp³-hybridized carbons (Fsp3) is 0.462. The van der Waals surface area contributed by atoms with Crippen LogP contribution in [0.2, 0.25) is 0 Å². The minimum absolute atomic E-state index is 0.0667. The van der Waals surface area contributed by atoms with Gasteiger partial charge >= 0.3 is 5.97 Å². The zero-order valence-corrected chi connectivity index (χ0v) is 10.1. The molecule has 0 saturated carbocycles. The smallest absolute Gasteiger partial charge is 0.337 e. The number of carboxylic acid groups (broad SMARTS) is 1. The second kappa shape index (κ2) is 5.73. The van der Waals surface area contributed by atoms with Crippen LogP contribution >= 0.6 is 0 Å². The van der Waals surface area contributed by atoms with E-state index in [1.807, 2.05) is 0 Å². The first-order chi connectivity index (χ1) is 8.66. The van der Waals surface area contributed by atoms with Gasteiger partial charge < -0.3 is 20.3 Å². The Morgan fingerprint density at radius 2 is 2.33 bits per heavy atom. The second-order valence-electron chi connectivity index (χ2n) is 4.35. The van der Waals surface area contributed by atoms with E-state index in [1.165, 1.54) is 6.07 Å². The second-order valence-corrected chi connectivity index (χ2v) is 4.35. The van der Waals surface area contributed by atoms with Crippen molar-refractivity contribution in [2.45, 2.75) is 25.4 Å². The molecule has 1 aliphatic heterocycles. The number of anilines is 1.